The summed E-state index contributed by atoms with van der Waals surface area (Å²) in [6, 6.07) is 0. The Morgan fingerprint density at radius 3 is 2.24 bits per heavy atom. The summed E-state index contributed by atoms with van der Waals surface area (Å²) in [6.45, 7) is 16.1. The summed E-state index contributed by atoms with van der Waals surface area (Å²) in [5.74, 6) is 0.447. The molecule has 0 radical (unpaired) electrons. The van der Waals surface area contributed by atoms with Gasteiger partial charge in [-0.05, 0) is 42.6 Å². The number of aliphatic hydroxyl groups excluding tert-OH is 1. The Balaban J connectivity index is 1.57. The molecule has 2 amide bonds. The van der Waals surface area contributed by atoms with Crippen LogP contribution in [0.25, 0.3) is 0 Å². The number of hydrogen-bond donors (Lipinski definition) is 2. The highest BCUT2D eigenvalue weighted by Crippen LogP contribution is 2.35. The zero-order chi connectivity index (χ0) is 21.8. The monoisotopic (exact) mass is 409 g/mol. The fourth-order valence-electron chi connectivity index (χ4n) is 4.42. The molecular weight excluding hydrogens is 366 g/mol. The van der Waals surface area contributed by atoms with Gasteiger partial charge in [-0.25, -0.2) is 0 Å². The Bertz CT molecular complexity index is 565. The van der Waals surface area contributed by atoms with Crippen LogP contribution in [0.1, 0.15) is 80.1 Å². The summed E-state index contributed by atoms with van der Waals surface area (Å²) in [4.78, 5) is 28.2. The molecule has 6 heteroatoms. The predicted molar refractivity (Wildman–Crippen MR) is 116 cm³/mol. The highest BCUT2D eigenvalue weighted by molar-refractivity contribution is 6.03. The summed E-state index contributed by atoms with van der Waals surface area (Å²) in [5.41, 5.74) is 0.135. The third-order valence-corrected chi connectivity index (χ3v) is 6.72. The standard InChI is InChI=1S/C23H43N3O3/c1-22(2,3)17-11-14-25(16-17)21(29)24-12-9-7-8-10-13-26-19(27)15-18(20(26)28)23(4,5)6/h17-18,21,24,29H,7-16H2,1-6H3. The first kappa shape index (κ1) is 24.3. The van der Waals surface area contributed by atoms with Crippen molar-refractivity contribution in [3.8, 4) is 0 Å². The molecule has 0 aromatic rings. The van der Waals surface area contributed by atoms with Crippen LogP contribution >= 0.6 is 0 Å². The van der Waals surface area contributed by atoms with E-state index in [0.29, 0.717) is 24.3 Å². The molecule has 2 rings (SSSR count). The normalized spacial score (nSPS) is 25.3. The number of hydrogen-bond acceptors (Lipinski definition) is 5. The number of nitrogens with one attached hydrogen (secondary N) is 1. The Morgan fingerprint density at radius 2 is 1.69 bits per heavy atom. The van der Waals surface area contributed by atoms with Crippen LogP contribution in [0.4, 0.5) is 0 Å². The van der Waals surface area contributed by atoms with Crippen molar-refractivity contribution in [2.45, 2.75) is 86.4 Å². The van der Waals surface area contributed by atoms with Gasteiger partial charge in [0.1, 0.15) is 0 Å². The summed E-state index contributed by atoms with van der Waals surface area (Å²) < 4.78 is 0. The second kappa shape index (κ2) is 9.88. The van der Waals surface area contributed by atoms with Crippen LogP contribution in [0.2, 0.25) is 0 Å². The van der Waals surface area contributed by atoms with Crippen LogP contribution in [0.15, 0.2) is 0 Å². The van der Waals surface area contributed by atoms with Crippen molar-refractivity contribution in [1.82, 2.24) is 15.1 Å². The van der Waals surface area contributed by atoms with Crippen LogP contribution in [-0.2, 0) is 9.59 Å². The molecule has 2 aliphatic rings. The summed E-state index contributed by atoms with van der Waals surface area (Å²) >= 11 is 0. The molecule has 2 N–H and O–H groups in total. The fourth-order valence-corrected chi connectivity index (χ4v) is 4.42. The molecule has 2 saturated heterocycles. The lowest BCUT2D eigenvalue weighted by molar-refractivity contribution is -0.140. The van der Waals surface area contributed by atoms with Crippen LogP contribution in [0.3, 0.4) is 0 Å². The average molecular weight is 410 g/mol. The Labute approximate surface area is 177 Å². The molecule has 0 aliphatic carbocycles. The topological polar surface area (TPSA) is 72.9 Å². The summed E-state index contributed by atoms with van der Waals surface area (Å²) in [5, 5.41) is 13.6. The van der Waals surface area contributed by atoms with Gasteiger partial charge in [0.2, 0.25) is 11.8 Å². The molecule has 168 valence electrons. The highest BCUT2D eigenvalue weighted by atomic mass is 16.3. The van der Waals surface area contributed by atoms with E-state index in [-0.39, 0.29) is 23.1 Å². The molecule has 2 aliphatic heterocycles. The molecule has 2 fully saturated rings. The Kier molecular flexibility index (Phi) is 8.28. The van der Waals surface area contributed by atoms with Crippen LogP contribution in [0, 0.1) is 22.7 Å². The molecule has 6 nitrogen and oxygen atoms in total. The van der Waals surface area contributed by atoms with Gasteiger partial charge in [0.15, 0.2) is 6.35 Å². The number of carbonyl (C=O) groups excluding carboxylic acids is 2. The van der Waals surface area contributed by atoms with Gasteiger partial charge in [0.05, 0.1) is 5.92 Å². The molecule has 0 aromatic carbocycles. The van der Waals surface area contributed by atoms with E-state index in [9.17, 15) is 14.7 Å². The van der Waals surface area contributed by atoms with Gasteiger partial charge in [-0.3, -0.25) is 24.7 Å². The second-order valence-corrected chi connectivity index (χ2v) is 11.1. The van der Waals surface area contributed by atoms with Crippen LogP contribution in [0.5, 0.6) is 0 Å². The smallest absolute Gasteiger partial charge is 0.233 e. The van der Waals surface area contributed by atoms with Gasteiger partial charge >= 0.3 is 0 Å². The quantitative estimate of drug-likeness (QED) is 0.348. The number of nitrogens with zero attached hydrogens (tertiary/aromatic N) is 2. The maximum atomic E-state index is 12.5. The van der Waals surface area contributed by atoms with E-state index < -0.39 is 6.35 Å². The number of unbranched alkanes of at least 4 members (excludes halogenated alkanes) is 3. The van der Waals surface area contributed by atoms with Gasteiger partial charge in [-0.2, -0.15) is 0 Å². The van der Waals surface area contributed by atoms with Crippen molar-refractivity contribution < 1.29 is 14.7 Å². The number of aliphatic hydroxyl groups is 1. The molecule has 3 atom stereocenters. The maximum Gasteiger partial charge on any atom is 0.233 e. The molecule has 29 heavy (non-hydrogen) atoms. The van der Waals surface area contributed by atoms with Crippen molar-refractivity contribution in [3.63, 3.8) is 0 Å². The van der Waals surface area contributed by atoms with E-state index in [4.69, 9.17) is 0 Å². The molecule has 0 saturated carbocycles. The van der Waals surface area contributed by atoms with E-state index in [0.717, 1.165) is 51.7 Å². The lowest BCUT2D eigenvalue weighted by atomic mass is 9.80. The molecule has 0 aromatic heterocycles. The number of imide groups is 1. The average Bonchev–Trinajstić information content (AvgIpc) is 3.20. The van der Waals surface area contributed by atoms with E-state index in [2.05, 4.69) is 31.0 Å². The third-order valence-electron chi connectivity index (χ3n) is 6.72. The number of amides is 2. The first-order chi connectivity index (χ1) is 13.4. The van der Waals surface area contributed by atoms with Gasteiger partial charge in [0, 0.05) is 26.1 Å². The minimum atomic E-state index is -0.559. The summed E-state index contributed by atoms with van der Waals surface area (Å²) in [7, 11) is 0. The zero-order valence-electron chi connectivity index (χ0n) is 19.5. The van der Waals surface area contributed by atoms with Crippen molar-refractivity contribution in [3.05, 3.63) is 0 Å². The molecular formula is C23H43N3O3. The van der Waals surface area contributed by atoms with Crippen LogP contribution < -0.4 is 5.32 Å². The Morgan fingerprint density at radius 1 is 1.03 bits per heavy atom. The van der Waals surface area contributed by atoms with Gasteiger partial charge in [0.25, 0.3) is 0 Å². The zero-order valence-corrected chi connectivity index (χ0v) is 19.5. The van der Waals surface area contributed by atoms with E-state index >= 15 is 0 Å². The first-order valence-electron chi connectivity index (χ1n) is 11.4. The molecule has 0 bridgehead atoms. The van der Waals surface area contributed by atoms with Crippen molar-refractivity contribution >= 4 is 11.8 Å². The molecule has 0 spiro atoms. The number of likely N-dealkylation sites (tertiary alicyclic amines) is 2. The maximum absolute atomic E-state index is 12.5. The van der Waals surface area contributed by atoms with Gasteiger partial charge < -0.3 is 5.11 Å². The number of rotatable bonds is 9. The van der Waals surface area contributed by atoms with Crippen molar-refractivity contribution in [1.29, 1.82) is 0 Å². The lowest BCUT2D eigenvalue weighted by Crippen LogP contribution is -2.45. The van der Waals surface area contributed by atoms with E-state index in [1.165, 1.54) is 4.90 Å². The third kappa shape index (κ3) is 6.76. The van der Waals surface area contributed by atoms with Crippen LogP contribution in [-0.4, -0.2) is 59.3 Å². The summed E-state index contributed by atoms with van der Waals surface area (Å²) in [6.07, 6.45) is 4.81. The Hall–Kier alpha value is -0.980. The van der Waals surface area contributed by atoms with Gasteiger partial charge in [-0.1, -0.05) is 54.4 Å². The van der Waals surface area contributed by atoms with E-state index in [1.54, 1.807) is 0 Å². The largest absolute Gasteiger partial charge is 0.365 e. The number of carbonyl (C=O) groups is 2. The minimum Gasteiger partial charge on any atom is -0.365 e. The second-order valence-electron chi connectivity index (χ2n) is 11.1. The molecule has 2 heterocycles. The first-order valence-corrected chi connectivity index (χ1v) is 11.4. The predicted octanol–water partition coefficient (Wildman–Crippen LogP) is 3.20. The SMILES string of the molecule is CC(C)(C)C1CCN(C(O)NCCCCCCN2C(=O)CC(C(C)(C)C)C2=O)C1. The molecule has 3 unspecified atom stereocenters. The fraction of sp³-hybridized carbons (Fsp3) is 0.913. The minimum absolute atomic E-state index is 0.00598. The lowest BCUT2D eigenvalue weighted by Gasteiger charge is -2.29. The van der Waals surface area contributed by atoms with Crippen molar-refractivity contribution in [2.24, 2.45) is 22.7 Å². The van der Waals surface area contributed by atoms with Gasteiger partial charge in [-0.15, -0.1) is 0 Å². The van der Waals surface area contributed by atoms with E-state index in [1.807, 2.05) is 20.8 Å². The highest BCUT2D eigenvalue weighted by Gasteiger charge is 2.44. The van der Waals surface area contributed by atoms with Crippen molar-refractivity contribution in [2.75, 3.05) is 26.2 Å².